The zero-order chi connectivity index (χ0) is 16.3. The first-order chi connectivity index (χ1) is 10.5. The van der Waals surface area contributed by atoms with Gasteiger partial charge in [0.05, 0.1) is 19.9 Å². The number of halogens is 3. The highest BCUT2D eigenvalue weighted by Gasteiger charge is 2.19. The van der Waals surface area contributed by atoms with E-state index in [2.05, 4.69) is 15.0 Å². The van der Waals surface area contributed by atoms with Crippen molar-refractivity contribution in [1.82, 2.24) is 4.98 Å². The smallest absolute Gasteiger partial charge is 0.341 e. The van der Waals surface area contributed by atoms with Gasteiger partial charge >= 0.3 is 5.97 Å². The molecule has 0 fully saturated rings. The molecule has 1 aromatic heterocycles. The lowest BCUT2D eigenvalue weighted by Gasteiger charge is -2.12. The van der Waals surface area contributed by atoms with E-state index in [-0.39, 0.29) is 17.1 Å². The average molecular weight is 312 g/mol. The highest BCUT2D eigenvalue weighted by atomic mass is 19.1. The number of benzene rings is 1. The summed E-state index contributed by atoms with van der Waals surface area (Å²) in [5.74, 6) is -4.00. The second-order valence-electron chi connectivity index (χ2n) is 4.12. The molecule has 8 heteroatoms. The first-order valence-corrected chi connectivity index (χ1v) is 6.01. The predicted molar refractivity (Wildman–Crippen MR) is 71.7 cm³/mol. The molecule has 0 aliphatic heterocycles. The fourth-order valence-corrected chi connectivity index (χ4v) is 1.69. The van der Waals surface area contributed by atoms with Crippen LogP contribution in [0.3, 0.4) is 0 Å². The Morgan fingerprint density at radius 2 is 1.86 bits per heavy atom. The molecule has 0 aliphatic rings. The monoisotopic (exact) mass is 312 g/mol. The van der Waals surface area contributed by atoms with Crippen LogP contribution in [-0.4, -0.2) is 25.2 Å². The number of nitrogens with zero attached hydrogens (tertiary/aromatic N) is 1. The van der Waals surface area contributed by atoms with Gasteiger partial charge in [-0.15, -0.1) is 0 Å². The summed E-state index contributed by atoms with van der Waals surface area (Å²) < 4.78 is 49.4. The number of esters is 1. The number of carbonyl (C=O) groups excluding carboxylic acids is 1. The summed E-state index contributed by atoms with van der Waals surface area (Å²) in [6.07, 6.45) is 0. The lowest BCUT2D eigenvalue weighted by Crippen LogP contribution is -2.10. The Bertz CT molecular complexity index is 723. The van der Waals surface area contributed by atoms with E-state index in [1.54, 1.807) is 0 Å². The van der Waals surface area contributed by atoms with Crippen LogP contribution in [0.4, 0.5) is 24.7 Å². The molecule has 0 unspecified atom stereocenters. The van der Waals surface area contributed by atoms with Gasteiger partial charge in [0.25, 0.3) is 5.88 Å². The summed E-state index contributed by atoms with van der Waals surface area (Å²) in [4.78, 5) is 15.4. The minimum Gasteiger partial charge on any atom is -0.479 e. The van der Waals surface area contributed by atoms with E-state index in [9.17, 15) is 18.0 Å². The third-order valence-corrected chi connectivity index (χ3v) is 2.73. The number of hydrogen-bond acceptors (Lipinski definition) is 5. The number of ether oxygens (including phenoxy) is 2. The maximum atomic E-state index is 13.7. The number of anilines is 2. The summed E-state index contributed by atoms with van der Waals surface area (Å²) in [6, 6.07) is 3.63. The van der Waals surface area contributed by atoms with Crippen LogP contribution in [0, 0.1) is 17.5 Å². The van der Waals surface area contributed by atoms with Gasteiger partial charge in [0.15, 0.2) is 5.82 Å². The molecular formula is C14H11F3N2O3. The Hall–Kier alpha value is -2.77. The first kappa shape index (κ1) is 15.6. The van der Waals surface area contributed by atoms with Gasteiger partial charge in [-0.1, -0.05) is 0 Å². The average Bonchev–Trinajstić information content (AvgIpc) is 2.50. The molecule has 0 aliphatic carbocycles. The minimum absolute atomic E-state index is 0.146. The van der Waals surface area contributed by atoms with E-state index < -0.39 is 29.3 Å². The van der Waals surface area contributed by atoms with Crippen LogP contribution >= 0.6 is 0 Å². The summed E-state index contributed by atoms with van der Waals surface area (Å²) in [5, 5.41) is 2.48. The maximum absolute atomic E-state index is 13.7. The van der Waals surface area contributed by atoms with E-state index >= 15 is 0 Å². The van der Waals surface area contributed by atoms with Gasteiger partial charge in [-0.25, -0.2) is 18.0 Å². The summed E-state index contributed by atoms with van der Waals surface area (Å²) >= 11 is 0. The first-order valence-electron chi connectivity index (χ1n) is 6.01. The fourth-order valence-electron chi connectivity index (χ4n) is 1.69. The van der Waals surface area contributed by atoms with Gasteiger partial charge < -0.3 is 14.8 Å². The minimum atomic E-state index is -0.902. The van der Waals surface area contributed by atoms with Crippen molar-refractivity contribution in [2.45, 2.75) is 0 Å². The summed E-state index contributed by atoms with van der Waals surface area (Å²) in [7, 11) is 2.29. The van der Waals surface area contributed by atoms with Crippen molar-refractivity contribution < 1.29 is 27.4 Å². The van der Waals surface area contributed by atoms with Crippen LogP contribution in [0.2, 0.25) is 0 Å². The number of rotatable bonds is 4. The van der Waals surface area contributed by atoms with E-state index in [0.717, 1.165) is 25.3 Å². The normalized spacial score (nSPS) is 10.2. The molecule has 0 atom stereocenters. The van der Waals surface area contributed by atoms with E-state index in [1.807, 2.05) is 0 Å². The van der Waals surface area contributed by atoms with Crippen molar-refractivity contribution in [2.24, 2.45) is 0 Å². The zero-order valence-electron chi connectivity index (χ0n) is 11.6. The van der Waals surface area contributed by atoms with Crippen LogP contribution < -0.4 is 10.1 Å². The Morgan fingerprint density at radius 3 is 2.45 bits per heavy atom. The third-order valence-electron chi connectivity index (χ3n) is 2.73. The molecule has 0 bridgehead atoms. The molecule has 1 aromatic carbocycles. The molecule has 116 valence electrons. The molecule has 0 radical (unpaired) electrons. The number of carbonyl (C=O) groups is 1. The number of pyridine rings is 1. The molecule has 0 saturated heterocycles. The molecular weight excluding hydrogens is 301 g/mol. The van der Waals surface area contributed by atoms with Gasteiger partial charge in [0.1, 0.15) is 23.0 Å². The van der Waals surface area contributed by atoms with Gasteiger partial charge in [-0.2, -0.15) is 4.98 Å². The topological polar surface area (TPSA) is 60.5 Å². The molecule has 1 N–H and O–H groups in total. The van der Waals surface area contributed by atoms with Gasteiger partial charge in [-0.05, 0) is 18.2 Å². The molecule has 22 heavy (non-hydrogen) atoms. The number of methoxy groups -OCH3 is 2. The zero-order valence-corrected chi connectivity index (χ0v) is 11.6. The molecule has 0 amide bonds. The van der Waals surface area contributed by atoms with E-state index in [1.165, 1.54) is 7.11 Å². The van der Waals surface area contributed by atoms with Crippen LogP contribution in [0.25, 0.3) is 0 Å². The molecule has 5 nitrogen and oxygen atoms in total. The second-order valence-corrected chi connectivity index (χ2v) is 4.12. The Kier molecular flexibility index (Phi) is 4.50. The van der Waals surface area contributed by atoms with Gasteiger partial charge in [-0.3, -0.25) is 0 Å². The van der Waals surface area contributed by atoms with Crippen LogP contribution in [0.1, 0.15) is 10.4 Å². The van der Waals surface area contributed by atoms with Crippen molar-refractivity contribution in [2.75, 3.05) is 19.5 Å². The van der Waals surface area contributed by atoms with Crippen LogP contribution in [-0.2, 0) is 4.74 Å². The summed E-state index contributed by atoms with van der Waals surface area (Å²) in [6.45, 7) is 0. The highest BCUT2D eigenvalue weighted by molar-refractivity contribution is 5.95. The Morgan fingerprint density at radius 1 is 1.14 bits per heavy atom. The number of hydrogen-bond donors (Lipinski definition) is 1. The maximum Gasteiger partial charge on any atom is 0.341 e. The largest absolute Gasteiger partial charge is 0.479 e. The van der Waals surface area contributed by atoms with Crippen LogP contribution in [0.15, 0.2) is 24.3 Å². The predicted octanol–water partition coefficient (Wildman–Crippen LogP) is 3.04. The molecule has 2 rings (SSSR count). The van der Waals surface area contributed by atoms with Crippen molar-refractivity contribution in [3.8, 4) is 5.88 Å². The molecule has 2 aromatic rings. The number of aromatic nitrogens is 1. The van der Waals surface area contributed by atoms with Crippen molar-refractivity contribution >= 4 is 17.5 Å². The molecule has 1 heterocycles. The fraction of sp³-hybridized carbons (Fsp3) is 0.143. The highest BCUT2D eigenvalue weighted by Crippen LogP contribution is 2.27. The van der Waals surface area contributed by atoms with Crippen LogP contribution in [0.5, 0.6) is 5.88 Å². The van der Waals surface area contributed by atoms with Gasteiger partial charge in [0.2, 0.25) is 0 Å². The molecule has 0 saturated carbocycles. The Labute approximate surface area is 123 Å². The van der Waals surface area contributed by atoms with Gasteiger partial charge in [0, 0.05) is 6.07 Å². The quantitative estimate of drug-likeness (QED) is 0.879. The lowest BCUT2D eigenvalue weighted by molar-refractivity contribution is 0.0601. The van der Waals surface area contributed by atoms with Crippen molar-refractivity contribution in [3.63, 3.8) is 0 Å². The van der Waals surface area contributed by atoms with E-state index in [0.29, 0.717) is 6.07 Å². The Balaban J connectivity index is 2.50. The van der Waals surface area contributed by atoms with E-state index in [4.69, 9.17) is 4.74 Å². The van der Waals surface area contributed by atoms with Crippen molar-refractivity contribution in [1.29, 1.82) is 0 Å². The SMILES string of the molecule is COC(=O)c1cc(F)c(OC)nc1Nc1ccc(F)cc1F. The second kappa shape index (κ2) is 6.33. The third kappa shape index (κ3) is 3.11. The number of nitrogens with one attached hydrogen (secondary N) is 1. The lowest BCUT2D eigenvalue weighted by atomic mass is 10.2. The standard InChI is InChI=1S/C14H11F3N2O3/c1-21-13-10(17)6-8(14(20)22-2)12(19-13)18-11-4-3-7(15)5-9(11)16/h3-6H,1-2H3,(H,18,19). The molecule has 0 spiro atoms. The summed E-state index contributed by atoms with van der Waals surface area (Å²) in [5.41, 5.74) is -0.405. The van der Waals surface area contributed by atoms with Crippen molar-refractivity contribution in [3.05, 3.63) is 47.3 Å².